The second-order valence-corrected chi connectivity index (χ2v) is 6.95. The molecule has 0 bridgehead atoms. The number of sulfone groups is 1. The second-order valence-electron chi connectivity index (χ2n) is 4.13. The lowest BCUT2D eigenvalue weighted by molar-refractivity contribution is 0.388. The third-order valence-corrected chi connectivity index (χ3v) is 5.36. The summed E-state index contributed by atoms with van der Waals surface area (Å²) in [5, 5.41) is 7.06. The molecular formula is C10H15N5O3S2. The molecule has 0 aliphatic rings. The van der Waals surface area contributed by atoms with Crippen molar-refractivity contribution in [3.8, 4) is 0 Å². The highest BCUT2D eigenvalue weighted by atomic mass is 32.2. The van der Waals surface area contributed by atoms with Gasteiger partial charge in [0, 0.05) is 6.92 Å². The van der Waals surface area contributed by atoms with E-state index < -0.39 is 9.84 Å². The number of nitrogens with two attached hydrogens (primary N) is 1. The van der Waals surface area contributed by atoms with E-state index >= 15 is 0 Å². The number of aryl methyl sites for hydroxylation is 1. The summed E-state index contributed by atoms with van der Waals surface area (Å²) in [6, 6.07) is 0. The van der Waals surface area contributed by atoms with Gasteiger partial charge in [-0.2, -0.15) is 9.36 Å². The average molecular weight is 317 g/mol. The van der Waals surface area contributed by atoms with Gasteiger partial charge in [-0.15, -0.1) is 0 Å². The maximum atomic E-state index is 12.1. The molecule has 0 aliphatic heterocycles. The molecular weight excluding hydrogens is 302 g/mol. The minimum atomic E-state index is -3.43. The van der Waals surface area contributed by atoms with Gasteiger partial charge in [0.25, 0.3) is 0 Å². The Labute approximate surface area is 120 Å². The topological polar surface area (TPSA) is 124 Å². The predicted octanol–water partition coefficient (Wildman–Crippen LogP) is 1.21. The van der Waals surface area contributed by atoms with E-state index in [2.05, 4.69) is 19.8 Å². The number of anilines is 2. The van der Waals surface area contributed by atoms with E-state index in [-0.39, 0.29) is 23.0 Å². The van der Waals surface area contributed by atoms with E-state index in [4.69, 9.17) is 10.3 Å². The van der Waals surface area contributed by atoms with Crippen molar-refractivity contribution in [1.82, 2.24) is 14.5 Å². The summed E-state index contributed by atoms with van der Waals surface area (Å²) in [6.07, 6.45) is 0.515. The Kier molecular flexibility index (Phi) is 4.23. The van der Waals surface area contributed by atoms with Crippen molar-refractivity contribution in [2.75, 3.05) is 16.8 Å². The van der Waals surface area contributed by atoms with Crippen molar-refractivity contribution in [2.45, 2.75) is 31.7 Å². The maximum Gasteiger partial charge on any atom is 0.223 e. The van der Waals surface area contributed by atoms with Crippen molar-refractivity contribution < 1.29 is 12.9 Å². The van der Waals surface area contributed by atoms with Gasteiger partial charge in [0.05, 0.1) is 12.3 Å². The fourth-order valence-electron chi connectivity index (χ4n) is 1.65. The zero-order valence-electron chi connectivity index (χ0n) is 11.1. The Morgan fingerprint density at radius 1 is 1.45 bits per heavy atom. The van der Waals surface area contributed by atoms with Crippen LogP contribution < -0.4 is 11.1 Å². The molecule has 10 heteroatoms. The van der Waals surface area contributed by atoms with Crippen molar-refractivity contribution in [3.63, 3.8) is 0 Å². The van der Waals surface area contributed by atoms with Gasteiger partial charge in [-0.25, -0.2) is 8.42 Å². The number of nitrogens with zero attached hydrogens (tertiary/aromatic N) is 3. The Hall–Kier alpha value is -1.68. The van der Waals surface area contributed by atoms with Crippen molar-refractivity contribution >= 4 is 32.2 Å². The van der Waals surface area contributed by atoms with E-state index in [1.807, 2.05) is 0 Å². The first-order valence-electron chi connectivity index (χ1n) is 5.95. The summed E-state index contributed by atoms with van der Waals surface area (Å²) in [6.45, 7) is 3.72. The number of nitrogen functional groups attached to an aromatic ring is 1. The lowest BCUT2D eigenvalue weighted by Gasteiger charge is -2.05. The molecule has 0 spiro atoms. The fraction of sp³-hybridized carbons (Fsp3) is 0.500. The van der Waals surface area contributed by atoms with Crippen LogP contribution in [-0.2, 0) is 16.4 Å². The van der Waals surface area contributed by atoms with Gasteiger partial charge < -0.3 is 15.6 Å². The number of rotatable bonds is 6. The molecule has 0 atom stereocenters. The molecule has 0 aliphatic carbocycles. The summed E-state index contributed by atoms with van der Waals surface area (Å²) in [4.78, 5) is 4.08. The zero-order chi connectivity index (χ0) is 14.8. The minimum Gasteiger partial charge on any atom is -0.382 e. The number of aromatic nitrogens is 3. The van der Waals surface area contributed by atoms with Crippen LogP contribution in [0.5, 0.6) is 0 Å². The Bertz CT molecular complexity index is 692. The van der Waals surface area contributed by atoms with E-state index in [0.29, 0.717) is 23.1 Å². The lowest BCUT2D eigenvalue weighted by atomic mass is 10.5. The van der Waals surface area contributed by atoms with E-state index in [1.54, 1.807) is 13.8 Å². The van der Waals surface area contributed by atoms with Crippen LogP contribution in [0.3, 0.4) is 0 Å². The van der Waals surface area contributed by atoms with Crippen molar-refractivity contribution in [1.29, 1.82) is 0 Å². The zero-order valence-corrected chi connectivity index (χ0v) is 12.7. The van der Waals surface area contributed by atoms with E-state index in [1.165, 1.54) is 0 Å². The van der Waals surface area contributed by atoms with Gasteiger partial charge in [-0.3, -0.25) is 0 Å². The van der Waals surface area contributed by atoms with Gasteiger partial charge >= 0.3 is 0 Å². The summed E-state index contributed by atoms with van der Waals surface area (Å²) in [7, 11) is -3.43. The van der Waals surface area contributed by atoms with E-state index in [0.717, 1.165) is 11.5 Å². The molecule has 0 saturated carbocycles. The molecule has 0 amide bonds. The highest BCUT2D eigenvalue weighted by molar-refractivity contribution is 7.91. The summed E-state index contributed by atoms with van der Waals surface area (Å²) >= 11 is 1.00. The number of hydrogen-bond donors (Lipinski definition) is 2. The molecule has 8 nitrogen and oxygen atoms in total. The van der Waals surface area contributed by atoms with Crippen LogP contribution in [0.25, 0.3) is 0 Å². The normalized spacial score (nSPS) is 11.7. The smallest absolute Gasteiger partial charge is 0.223 e. The molecule has 0 unspecified atom stereocenters. The molecule has 2 rings (SSSR count). The molecule has 20 heavy (non-hydrogen) atoms. The van der Waals surface area contributed by atoms with Crippen LogP contribution in [0.2, 0.25) is 0 Å². The first-order valence-corrected chi connectivity index (χ1v) is 8.37. The monoisotopic (exact) mass is 317 g/mol. The summed E-state index contributed by atoms with van der Waals surface area (Å²) < 4.78 is 33.0. The first-order chi connectivity index (χ1) is 9.44. The first kappa shape index (κ1) is 14.7. The molecule has 110 valence electrons. The Balaban J connectivity index is 2.21. The van der Waals surface area contributed by atoms with Crippen molar-refractivity contribution in [2.24, 2.45) is 0 Å². The Morgan fingerprint density at radius 2 is 2.20 bits per heavy atom. The maximum absolute atomic E-state index is 12.1. The van der Waals surface area contributed by atoms with Crippen LogP contribution in [-0.4, -0.2) is 28.7 Å². The third-order valence-electron chi connectivity index (χ3n) is 2.43. The van der Waals surface area contributed by atoms with Crippen LogP contribution in [0, 0.1) is 6.92 Å². The average Bonchev–Trinajstić information content (AvgIpc) is 2.93. The molecule has 0 saturated heterocycles. The van der Waals surface area contributed by atoms with Crippen LogP contribution in [0.15, 0.2) is 9.42 Å². The highest BCUT2D eigenvalue weighted by Crippen LogP contribution is 2.32. The fourth-order valence-corrected chi connectivity index (χ4v) is 4.27. The van der Waals surface area contributed by atoms with Gasteiger partial charge in [-0.1, -0.05) is 12.1 Å². The summed E-state index contributed by atoms with van der Waals surface area (Å²) in [5.74, 6) is 0.944. The molecule has 0 radical (unpaired) electrons. The van der Waals surface area contributed by atoms with Crippen LogP contribution in [0.1, 0.15) is 25.1 Å². The van der Waals surface area contributed by atoms with Gasteiger partial charge in [0.15, 0.2) is 21.5 Å². The SMILES string of the molecule is CCCS(=O)(=O)c1c(N)nsc1NCc1noc(C)n1. The molecule has 0 aromatic carbocycles. The van der Waals surface area contributed by atoms with Crippen LogP contribution >= 0.6 is 11.5 Å². The van der Waals surface area contributed by atoms with Gasteiger partial charge in [-0.05, 0) is 18.0 Å². The van der Waals surface area contributed by atoms with Crippen LogP contribution in [0.4, 0.5) is 10.8 Å². The second kappa shape index (κ2) is 5.75. The predicted molar refractivity (Wildman–Crippen MR) is 75.2 cm³/mol. The third kappa shape index (κ3) is 3.07. The summed E-state index contributed by atoms with van der Waals surface area (Å²) in [5.41, 5.74) is 5.66. The standard InChI is InChI=1S/C10H15N5O3S2/c1-3-4-20(16,17)8-9(11)15-19-10(8)12-5-7-13-6(2)18-14-7/h12H,3-5H2,1-2H3,(H2,11,15). The van der Waals surface area contributed by atoms with Crippen molar-refractivity contribution in [3.05, 3.63) is 11.7 Å². The van der Waals surface area contributed by atoms with E-state index in [9.17, 15) is 8.42 Å². The molecule has 2 heterocycles. The quantitative estimate of drug-likeness (QED) is 0.814. The lowest BCUT2D eigenvalue weighted by Crippen LogP contribution is -2.11. The van der Waals surface area contributed by atoms with Gasteiger partial charge in [0.2, 0.25) is 5.89 Å². The molecule has 3 N–H and O–H groups in total. The highest BCUT2D eigenvalue weighted by Gasteiger charge is 2.24. The van der Waals surface area contributed by atoms with Gasteiger partial charge in [0.1, 0.15) is 9.90 Å². The minimum absolute atomic E-state index is 0.0234. The molecule has 2 aromatic rings. The largest absolute Gasteiger partial charge is 0.382 e. The molecule has 2 aromatic heterocycles. The number of hydrogen-bond acceptors (Lipinski definition) is 9. The Morgan fingerprint density at radius 3 is 2.80 bits per heavy atom. The molecule has 0 fully saturated rings. The number of nitrogens with one attached hydrogen (secondary N) is 1.